The van der Waals surface area contributed by atoms with E-state index in [0.717, 1.165) is 44.9 Å². The number of benzene rings is 1. The van der Waals surface area contributed by atoms with Gasteiger partial charge < -0.3 is 10.2 Å². The van der Waals surface area contributed by atoms with Gasteiger partial charge in [0, 0.05) is 35.3 Å². The number of fused-ring (bicyclic) bond motifs is 1. The number of rotatable bonds is 8. The molecule has 2 aromatic heterocycles. The van der Waals surface area contributed by atoms with Crippen molar-refractivity contribution < 1.29 is 12.8 Å². The van der Waals surface area contributed by atoms with Crippen LogP contribution < -0.4 is 15.6 Å². The number of aromatic nitrogens is 3. The van der Waals surface area contributed by atoms with Crippen LogP contribution in [0.2, 0.25) is 0 Å². The second-order valence-electron chi connectivity index (χ2n) is 12.0. The molecule has 0 atom stereocenters. The zero-order valence-electron chi connectivity index (χ0n) is 24.4. The number of pyridine rings is 1. The van der Waals surface area contributed by atoms with E-state index in [1.165, 1.54) is 12.1 Å². The van der Waals surface area contributed by atoms with Crippen LogP contribution in [0.4, 0.5) is 16.0 Å². The Labute approximate surface area is 241 Å². The fraction of sp³-hybridized carbons (Fsp3) is 0.567. The van der Waals surface area contributed by atoms with Crippen LogP contribution >= 0.6 is 0 Å². The van der Waals surface area contributed by atoms with E-state index < -0.39 is 21.1 Å². The molecule has 222 valence electrons. The number of nitrogens with zero attached hydrogens (tertiary/aromatic N) is 4. The Morgan fingerprint density at radius 2 is 1.73 bits per heavy atom. The van der Waals surface area contributed by atoms with Gasteiger partial charge >= 0.3 is 0 Å². The van der Waals surface area contributed by atoms with Gasteiger partial charge in [0.2, 0.25) is 16.0 Å². The highest BCUT2D eigenvalue weighted by Crippen LogP contribution is 2.30. The molecule has 5 rings (SSSR count). The van der Waals surface area contributed by atoms with Gasteiger partial charge in [-0.15, -0.1) is 0 Å². The molecule has 41 heavy (non-hydrogen) atoms. The maximum atomic E-state index is 15.2. The third-order valence-corrected chi connectivity index (χ3v) is 10.4. The highest BCUT2D eigenvalue weighted by molar-refractivity contribution is 7.93. The monoisotopic (exact) mass is 584 g/mol. The molecule has 0 radical (unpaired) electrons. The van der Waals surface area contributed by atoms with E-state index >= 15 is 4.39 Å². The van der Waals surface area contributed by atoms with Crippen LogP contribution in [0.3, 0.4) is 0 Å². The molecule has 9 nitrogen and oxygen atoms in total. The Morgan fingerprint density at radius 3 is 2.37 bits per heavy atom. The first-order valence-electron chi connectivity index (χ1n) is 14.7. The number of sulfonamides is 1. The number of hydrogen-bond donors (Lipinski definition) is 2. The first-order valence-corrected chi connectivity index (χ1v) is 16.2. The third kappa shape index (κ3) is 6.40. The minimum atomic E-state index is -3.69. The van der Waals surface area contributed by atoms with Crippen LogP contribution in [0.1, 0.15) is 77.7 Å². The zero-order valence-corrected chi connectivity index (χ0v) is 25.2. The van der Waals surface area contributed by atoms with Crippen LogP contribution in [0.15, 0.2) is 35.3 Å². The van der Waals surface area contributed by atoms with Gasteiger partial charge in [0.15, 0.2) is 0 Å². The number of halogens is 1. The summed E-state index contributed by atoms with van der Waals surface area (Å²) in [5.74, 6) is -0.231. The Kier molecular flexibility index (Phi) is 8.65. The lowest BCUT2D eigenvalue weighted by Crippen LogP contribution is -2.36. The van der Waals surface area contributed by atoms with Gasteiger partial charge in [-0.3, -0.25) is 14.1 Å². The maximum absolute atomic E-state index is 15.2. The van der Waals surface area contributed by atoms with Gasteiger partial charge in [-0.05, 0) is 90.2 Å². The van der Waals surface area contributed by atoms with Gasteiger partial charge in [0.1, 0.15) is 11.5 Å². The molecule has 0 spiro atoms. The molecular weight excluding hydrogens is 543 g/mol. The van der Waals surface area contributed by atoms with Crippen LogP contribution in [-0.2, 0) is 10.0 Å². The lowest BCUT2D eigenvalue weighted by molar-refractivity contribution is 0.221. The van der Waals surface area contributed by atoms with Gasteiger partial charge in [-0.1, -0.05) is 25.3 Å². The van der Waals surface area contributed by atoms with Crippen LogP contribution in [0, 0.1) is 5.82 Å². The Morgan fingerprint density at radius 1 is 1.02 bits per heavy atom. The predicted octanol–water partition coefficient (Wildman–Crippen LogP) is 5.54. The lowest BCUT2D eigenvalue weighted by Gasteiger charge is -2.33. The van der Waals surface area contributed by atoms with Crippen LogP contribution in [0.25, 0.3) is 22.2 Å². The van der Waals surface area contributed by atoms with Crippen molar-refractivity contribution in [2.45, 2.75) is 95.0 Å². The number of anilines is 2. The molecule has 0 amide bonds. The predicted molar refractivity (Wildman–Crippen MR) is 162 cm³/mol. The van der Waals surface area contributed by atoms with E-state index in [1.807, 2.05) is 13.8 Å². The van der Waals surface area contributed by atoms with Crippen molar-refractivity contribution >= 4 is 32.7 Å². The van der Waals surface area contributed by atoms with Gasteiger partial charge in [-0.25, -0.2) is 17.8 Å². The average molecular weight is 585 g/mol. The smallest absolute Gasteiger partial charge is 0.260 e. The quantitative estimate of drug-likeness (QED) is 0.358. The van der Waals surface area contributed by atoms with Crippen molar-refractivity contribution in [2.75, 3.05) is 24.1 Å². The lowest BCUT2D eigenvalue weighted by atomic mass is 9.91. The largest absolute Gasteiger partial charge is 0.351 e. The maximum Gasteiger partial charge on any atom is 0.260 e. The normalized spacial score (nSPS) is 20.6. The van der Waals surface area contributed by atoms with E-state index in [0.29, 0.717) is 47.0 Å². The molecule has 2 saturated carbocycles. The zero-order chi connectivity index (χ0) is 29.3. The Balaban J connectivity index is 1.42. The third-order valence-electron chi connectivity index (χ3n) is 8.57. The molecule has 2 heterocycles. The van der Waals surface area contributed by atoms with E-state index in [9.17, 15) is 13.2 Å². The summed E-state index contributed by atoms with van der Waals surface area (Å²) < 4.78 is 44.9. The summed E-state index contributed by atoms with van der Waals surface area (Å²) in [6.45, 7) is 3.82. The molecule has 1 aromatic carbocycles. The second-order valence-corrected chi connectivity index (χ2v) is 14.0. The summed E-state index contributed by atoms with van der Waals surface area (Å²) in [4.78, 5) is 25.2. The van der Waals surface area contributed by atoms with Crippen molar-refractivity contribution in [2.24, 2.45) is 0 Å². The average Bonchev–Trinajstić information content (AvgIpc) is 2.94. The highest BCUT2D eigenvalue weighted by Gasteiger charge is 2.28. The van der Waals surface area contributed by atoms with E-state index in [2.05, 4.69) is 34.0 Å². The van der Waals surface area contributed by atoms with Gasteiger partial charge in [0.25, 0.3) is 5.56 Å². The molecule has 3 aromatic rings. The molecule has 11 heteroatoms. The Hall–Kier alpha value is -3.05. The summed E-state index contributed by atoms with van der Waals surface area (Å²) in [5.41, 5.74) is 0.787. The van der Waals surface area contributed by atoms with Crippen molar-refractivity contribution in [3.05, 3.63) is 46.6 Å². The fourth-order valence-corrected chi connectivity index (χ4v) is 7.76. The summed E-state index contributed by atoms with van der Waals surface area (Å²) in [6.07, 6.45) is 9.86. The molecule has 2 aliphatic rings. The molecule has 0 saturated heterocycles. The van der Waals surface area contributed by atoms with Gasteiger partial charge in [-0.2, -0.15) is 4.98 Å². The van der Waals surface area contributed by atoms with Crippen LogP contribution in [0.5, 0.6) is 0 Å². The SMILES string of the molecule is CC(C)n1c(=O)c(-c2ccc(NS(=O)(=O)C3CCCCC3)c(F)c2)cc2cnc(NC3CCC(N(C)C)CC3)nc21. The van der Waals surface area contributed by atoms with Crippen molar-refractivity contribution in [3.8, 4) is 11.1 Å². The van der Waals surface area contributed by atoms with Gasteiger partial charge in [0.05, 0.1) is 10.9 Å². The molecule has 2 N–H and O–H groups in total. The summed E-state index contributed by atoms with van der Waals surface area (Å²) in [6, 6.07) is 6.54. The van der Waals surface area contributed by atoms with Crippen LogP contribution in [-0.4, -0.2) is 59.3 Å². The van der Waals surface area contributed by atoms with Crippen molar-refractivity contribution in [1.82, 2.24) is 19.4 Å². The van der Waals surface area contributed by atoms with Crippen molar-refractivity contribution in [3.63, 3.8) is 0 Å². The fourth-order valence-electron chi connectivity index (χ4n) is 6.17. The Bertz CT molecular complexity index is 1560. The first-order chi connectivity index (χ1) is 19.5. The minimum absolute atomic E-state index is 0.108. The molecular formula is C30H41FN6O3S. The van der Waals surface area contributed by atoms with E-state index in [1.54, 1.807) is 22.9 Å². The summed E-state index contributed by atoms with van der Waals surface area (Å²) in [7, 11) is 0.542. The molecule has 0 bridgehead atoms. The number of hydrogen-bond acceptors (Lipinski definition) is 7. The molecule has 0 aliphatic heterocycles. The van der Waals surface area contributed by atoms with E-state index in [-0.39, 0.29) is 23.3 Å². The van der Waals surface area contributed by atoms with E-state index in [4.69, 9.17) is 4.98 Å². The molecule has 2 aliphatic carbocycles. The second kappa shape index (κ2) is 12.1. The topological polar surface area (TPSA) is 109 Å². The standard InChI is InChI=1S/C30H41FN6O3S/c1-19(2)37-28-21(18-32-30(34-28)33-22-11-13-23(14-12-22)36(3)4)16-25(29(37)38)20-10-15-27(26(31)17-20)35-41(39,40)24-8-6-5-7-9-24/h10,15-19,22-24,35H,5-9,11-14H2,1-4H3,(H,32,33,34). The first kappa shape index (κ1) is 29.4. The molecule has 2 fully saturated rings. The number of nitrogens with one attached hydrogen (secondary N) is 2. The highest BCUT2D eigenvalue weighted by atomic mass is 32.2. The summed E-state index contributed by atoms with van der Waals surface area (Å²) in [5, 5.41) is 3.61. The minimum Gasteiger partial charge on any atom is -0.351 e. The van der Waals surface area contributed by atoms with Crippen molar-refractivity contribution in [1.29, 1.82) is 0 Å². The molecule has 0 unspecified atom stereocenters. The summed E-state index contributed by atoms with van der Waals surface area (Å²) >= 11 is 0.